The maximum Gasteiger partial charge on any atom is 0.243 e. The van der Waals surface area contributed by atoms with Gasteiger partial charge in [-0.3, -0.25) is 9.59 Å². The van der Waals surface area contributed by atoms with Gasteiger partial charge in [0.1, 0.15) is 11.9 Å². The van der Waals surface area contributed by atoms with Crippen LogP contribution in [-0.2, 0) is 16.1 Å². The third kappa shape index (κ3) is 2.34. The van der Waals surface area contributed by atoms with Crippen molar-refractivity contribution < 1.29 is 14.0 Å². The van der Waals surface area contributed by atoms with Gasteiger partial charge in [0.05, 0.1) is 6.54 Å². The summed E-state index contributed by atoms with van der Waals surface area (Å²) < 4.78 is 13.6. The summed E-state index contributed by atoms with van der Waals surface area (Å²) in [5.74, 6) is -0.704. The van der Waals surface area contributed by atoms with Gasteiger partial charge in [-0.25, -0.2) is 4.39 Å². The molecule has 0 saturated carbocycles. The number of rotatable bonds is 3. The van der Waals surface area contributed by atoms with Crippen LogP contribution in [0.3, 0.4) is 0 Å². The predicted molar refractivity (Wildman–Crippen MR) is 64.0 cm³/mol. The smallest absolute Gasteiger partial charge is 0.243 e. The van der Waals surface area contributed by atoms with Crippen LogP contribution in [0, 0.1) is 5.82 Å². The van der Waals surface area contributed by atoms with Gasteiger partial charge < -0.3 is 10.2 Å². The van der Waals surface area contributed by atoms with Crippen LogP contribution in [0.25, 0.3) is 0 Å². The van der Waals surface area contributed by atoms with E-state index in [-0.39, 0.29) is 30.7 Å². The first-order valence-electron chi connectivity index (χ1n) is 5.94. The van der Waals surface area contributed by atoms with Gasteiger partial charge in [0.25, 0.3) is 0 Å². The van der Waals surface area contributed by atoms with Gasteiger partial charge in [-0.2, -0.15) is 0 Å². The Morgan fingerprint density at radius 2 is 2.11 bits per heavy atom. The molecule has 1 atom stereocenters. The quantitative estimate of drug-likeness (QED) is 0.872. The highest BCUT2D eigenvalue weighted by atomic mass is 19.1. The Balaban J connectivity index is 2.22. The van der Waals surface area contributed by atoms with Crippen LogP contribution in [-0.4, -0.2) is 29.3 Å². The number of amides is 2. The molecule has 1 heterocycles. The molecule has 1 aromatic carbocycles. The largest absolute Gasteiger partial charge is 0.345 e. The van der Waals surface area contributed by atoms with Crippen molar-refractivity contribution >= 4 is 11.8 Å². The minimum atomic E-state index is -0.508. The minimum absolute atomic E-state index is 0.0101. The molecule has 1 unspecified atom stereocenters. The Labute approximate surface area is 105 Å². The summed E-state index contributed by atoms with van der Waals surface area (Å²) in [5.41, 5.74) is 0.430. The number of hydrogen-bond acceptors (Lipinski definition) is 2. The lowest BCUT2D eigenvalue weighted by Gasteiger charge is -2.34. The second-order valence-corrected chi connectivity index (χ2v) is 4.25. The topological polar surface area (TPSA) is 49.4 Å². The number of nitrogens with one attached hydrogen (secondary N) is 1. The van der Waals surface area contributed by atoms with Gasteiger partial charge in [-0.05, 0) is 12.5 Å². The third-order valence-electron chi connectivity index (χ3n) is 3.10. The molecule has 2 rings (SSSR count). The molecule has 0 aliphatic carbocycles. The zero-order valence-corrected chi connectivity index (χ0v) is 10.1. The van der Waals surface area contributed by atoms with Crippen LogP contribution in [0.5, 0.6) is 0 Å². The number of piperazine rings is 1. The molecule has 1 saturated heterocycles. The fourth-order valence-corrected chi connectivity index (χ4v) is 2.11. The van der Waals surface area contributed by atoms with Crippen LogP contribution >= 0.6 is 0 Å². The highest BCUT2D eigenvalue weighted by Gasteiger charge is 2.33. The molecule has 2 amide bonds. The van der Waals surface area contributed by atoms with Crippen molar-refractivity contribution in [2.75, 3.05) is 6.54 Å². The van der Waals surface area contributed by atoms with Gasteiger partial charge in [-0.1, -0.05) is 25.1 Å². The molecule has 18 heavy (non-hydrogen) atoms. The SMILES string of the molecule is CCC1C(=O)NCC(=O)N1Cc1ccccc1F. The molecular formula is C13H15FN2O2. The highest BCUT2D eigenvalue weighted by Crippen LogP contribution is 2.16. The number of carbonyl (C=O) groups excluding carboxylic acids is 2. The lowest BCUT2D eigenvalue weighted by Crippen LogP contribution is -2.57. The van der Waals surface area contributed by atoms with Crippen molar-refractivity contribution in [3.8, 4) is 0 Å². The highest BCUT2D eigenvalue weighted by molar-refractivity contribution is 5.94. The summed E-state index contributed by atoms with van der Waals surface area (Å²) in [5, 5.41) is 2.54. The fraction of sp³-hybridized carbons (Fsp3) is 0.385. The van der Waals surface area contributed by atoms with Crippen molar-refractivity contribution in [3.05, 3.63) is 35.6 Å². The van der Waals surface area contributed by atoms with E-state index in [1.807, 2.05) is 6.92 Å². The van der Waals surface area contributed by atoms with E-state index in [1.54, 1.807) is 18.2 Å². The molecular weight excluding hydrogens is 235 g/mol. The number of nitrogens with zero attached hydrogens (tertiary/aromatic N) is 1. The van der Waals surface area contributed by atoms with Crippen LogP contribution in [0.2, 0.25) is 0 Å². The van der Waals surface area contributed by atoms with E-state index in [2.05, 4.69) is 5.32 Å². The summed E-state index contributed by atoms with van der Waals surface area (Å²) in [6.07, 6.45) is 0.520. The molecule has 1 aromatic rings. The van der Waals surface area contributed by atoms with E-state index in [1.165, 1.54) is 11.0 Å². The normalized spacial score (nSPS) is 19.9. The van der Waals surface area contributed by atoms with Gasteiger partial charge in [0, 0.05) is 12.1 Å². The third-order valence-corrected chi connectivity index (χ3v) is 3.10. The van der Waals surface area contributed by atoms with Gasteiger partial charge in [-0.15, -0.1) is 0 Å². The van der Waals surface area contributed by atoms with Gasteiger partial charge in [0.15, 0.2) is 0 Å². The molecule has 1 aliphatic heterocycles. The molecule has 0 spiro atoms. The average Bonchev–Trinajstić information content (AvgIpc) is 2.37. The summed E-state index contributed by atoms with van der Waals surface area (Å²) in [7, 11) is 0. The molecule has 0 radical (unpaired) electrons. The zero-order valence-electron chi connectivity index (χ0n) is 10.1. The standard InChI is InChI=1S/C13H15FN2O2/c1-2-11-13(18)15-7-12(17)16(11)8-9-5-3-4-6-10(9)14/h3-6,11H,2,7-8H2,1H3,(H,15,18). The number of hydrogen-bond donors (Lipinski definition) is 1. The molecule has 1 N–H and O–H groups in total. The maximum atomic E-state index is 13.6. The Morgan fingerprint density at radius 3 is 2.78 bits per heavy atom. The van der Waals surface area contributed by atoms with E-state index >= 15 is 0 Å². The first-order valence-corrected chi connectivity index (χ1v) is 5.94. The van der Waals surface area contributed by atoms with Crippen LogP contribution in [0.15, 0.2) is 24.3 Å². The summed E-state index contributed by atoms with van der Waals surface area (Å²) in [6.45, 7) is 1.96. The minimum Gasteiger partial charge on any atom is -0.345 e. The Kier molecular flexibility index (Phi) is 3.60. The summed E-state index contributed by atoms with van der Waals surface area (Å²) >= 11 is 0. The lowest BCUT2D eigenvalue weighted by molar-refractivity contribution is -0.146. The first-order chi connectivity index (χ1) is 8.63. The molecule has 5 heteroatoms. The molecule has 1 fully saturated rings. The van der Waals surface area contributed by atoms with E-state index in [0.29, 0.717) is 12.0 Å². The van der Waals surface area contributed by atoms with Crippen LogP contribution in [0.1, 0.15) is 18.9 Å². The maximum absolute atomic E-state index is 13.6. The second-order valence-electron chi connectivity index (χ2n) is 4.25. The zero-order chi connectivity index (χ0) is 13.1. The lowest BCUT2D eigenvalue weighted by atomic mass is 10.1. The molecule has 1 aliphatic rings. The van der Waals surface area contributed by atoms with E-state index in [0.717, 1.165) is 0 Å². The number of carbonyl (C=O) groups is 2. The van der Waals surface area contributed by atoms with E-state index < -0.39 is 6.04 Å². The van der Waals surface area contributed by atoms with Crippen molar-refractivity contribution in [2.24, 2.45) is 0 Å². The molecule has 0 aromatic heterocycles. The Morgan fingerprint density at radius 1 is 1.39 bits per heavy atom. The monoisotopic (exact) mass is 250 g/mol. The van der Waals surface area contributed by atoms with Crippen molar-refractivity contribution in [1.29, 1.82) is 0 Å². The van der Waals surface area contributed by atoms with Gasteiger partial charge >= 0.3 is 0 Å². The van der Waals surface area contributed by atoms with Crippen LogP contribution < -0.4 is 5.32 Å². The number of benzene rings is 1. The molecule has 96 valence electrons. The molecule has 4 nitrogen and oxygen atoms in total. The van der Waals surface area contributed by atoms with Crippen molar-refractivity contribution in [1.82, 2.24) is 10.2 Å². The summed E-state index contributed by atoms with van der Waals surface area (Å²) in [4.78, 5) is 24.9. The second kappa shape index (κ2) is 5.16. The first kappa shape index (κ1) is 12.5. The predicted octanol–water partition coefficient (Wildman–Crippen LogP) is 1.06. The van der Waals surface area contributed by atoms with E-state index in [9.17, 15) is 14.0 Å². The van der Waals surface area contributed by atoms with Gasteiger partial charge in [0.2, 0.25) is 11.8 Å². The van der Waals surface area contributed by atoms with Crippen molar-refractivity contribution in [2.45, 2.75) is 25.9 Å². The Bertz CT molecular complexity index is 476. The fourth-order valence-electron chi connectivity index (χ4n) is 2.11. The van der Waals surface area contributed by atoms with E-state index in [4.69, 9.17) is 0 Å². The van der Waals surface area contributed by atoms with Crippen LogP contribution in [0.4, 0.5) is 4.39 Å². The number of halogens is 1. The Hall–Kier alpha value is -1.91. The molecule has 0 bridgehead atoms. The van der Waals surface area contributed by atoms with Crippen molar-refractivity contribution in [3.63, 3.8) is 0 Å². The summed E-state index contributed by atoms with van der Waals surface area (Å²) in [6, 6.07) is 5.78. The average molecular weight is 250 g/mol.